The minimum absolute atomic E-state index is 0.0694. The number of hydrogen-bond acceptors (Lipinski definition) is 7. The van der Waals surface area contributed by atoms with Gasteiger partial charge in [0.05, 0.1) is 36.1 Å². The first kappa shape index (κ1) is 27.4. The van der Waals surface area contributed by atoms with E-state index in [0.29, 0.717) is 6.54 Å². The highest BCUT2D eigenvalue weighted by Crippen LogP contribution is 2.30. The average Bonchev–Trinajstić information content (AvgIpc) is 3.44. The number of ketones is 1. The van der Waals surface area contributed by atoms with Crippen molar-refractivity contribution < 1.29 is 24.6 Å². The standard InChI is InChI=1S/C28H32N6O5/c1-16(2)25(26(37)24-17(3)27(38)31-28(24)39)30-23(36)15-20(18-9-5-4-6-10-18)29-22(35)13-14-34-21-12-8-7-11-19(21)32-33-34/h4-12,16,20,25,31,38-39H,13-15H2,1-3H3,(H,29,35)(H,30,36)/t20-,25+/m0/s1. The Morgan fingerprint density at radius 1 is 0.949 bits per heavy atom. The molecule has 0 saturated heterocycles. The van der Waals surface area contributed by atoms with Crippen LogP contribution >= 0.6 is 0 Å². The Morgan fingerprint density at radius 2 is 1.64 bits per heavy atom. The Labute approximate surface area is 225 Å². The number of aromatic amines is 1. The number of amides is 2. The number of carbonyl (C=O) groups is 3. The van der Waals surface area contributed by atoms with Crippen LogP contribution in [0.5, 0.6) is 11.8 Å². The highest BCUT2D eigenvalue weighted by Gasteiger charge is 2.31. The fraction of sp³-hybridized carbons (Fsp3) is 0.321. The highest BCUT2D eigenvalue weighted by molar-refractivity contribution is 6.05. The number of aromatic nitrogens is 4. The fourth-order valence-corrected chi connectivity index (χ4v) is 4.47. The average molecular weight is 533 g/mol. The van der Waals surface area contributed by atoms with E-state index in [-0.39, 0.29) is 41.7 Å². The predicted molar refractivity (Wildman–Crippen MR) is 144 cm³/mol. The number of para-hydroxylation sites is 1. The lowest BCUT2D eigenvalue weighted by molar-refractivity contribution is -0.124. The van der Waals surface area contributed by atoms with Crippen molar-refractivity contribution in [3.05, 3.63) is 71.3 Å². The second-order valence-electron chi connectivity index (χ2n) is 9.76. The van der Waals surface area contributed by atoms with Crippen LogP contribution in [0.2, 0.25) is 0 Å². The lowest BCUT2D eigenvalue weighted by Gasteiger charge is -2.24. The van der Waals surface area contributed by atoms with Crippen LogP contribution in [0.1, 0.15) is 54.2 Å². The van der Waals surface area contributed by atoms with Gasteiger partial charge < -0.3 is 20.8 Å². The first-order valence-corrected chi connectivity index (χ1v) is 12.7. The van der Waals surface area contributed by atoms with Crippen molar-refractivity contribution in [2.45, 2.75) is 52.2 Å². The summed E-state index contributed by atoms with van der Waals surface area (Å²) in [6.07, 6.45) is 0.0167. The molecule has 0 saturated carbocycles. The molecule has 0 bridgehead atoms. The maximum absolute atomic E-state index is 13.2. The minimum Gasteiger partial charge on any atom is -0.494 e. The van der Waals surface area contributed by atoms with Gasteiger partial charge >= 0.3 is 0 Å². The van der Waals surface area contributed by atoms with E-state index >= 15 is 0 Å². The zero-order valence-electron chi connectivity index (χ0n) is 22.0. The largest absolute Gasteiger partial charge is 0.494 e. The number of Topliss-reactive ketones (excluding diaryl/α,β-unsaturated/α-hetero) is 1. The first-order chi connectivity index (χ1) is 18.7. The Balaban J connectivity index is 1.45. The second kappa shape index (κ2) is 11.8. The zero-order valence-corrected chi connectivity index (χ0v) is 22.0. The molecule has 2 heterocycles. The number of carbonyl (C=O) groups excluding carboxylic acids is 3. The molecule has 4 aromatic rings. The third-order valence-electron chi connectivity index (χ3n) is 6.61. The molecule has 0 unspecified atom stereocenters. The van der Waals surface area contributed by atoms with Gasteiger partial charge in [-0.05, 0) is 30.5 Å². The van der Waals surface area contributed by atoms with Crippen molar-refractivity contribution in [2.24, 2.45) is 5.92 Å². The van der Waals surface area contributed by atoms with Crippen LogP contribution in [0.3, 0.4) is 0 Å². The third-order valence-corrected chi connectivity index (χ3v) is 6.61. The smallest absolute Gasteiger partial charge is 0.223 e. The van der Waals surface area contributed by atoms with Crippen LogP contribution in [-0.2, 0) is 16.1 Å². The molecule has 2 aromatic heterocycles. The van der Waals surface area contributed by atoms with Crippen LogP contribution in [0.25, 0.3) is 11.0 Å². The monoisotopic (exact) mass is 532 g/mol. The van der Waals surface area contributed by atoms with Crippen LogP contribution in [0.15, 0.2) is 54.6 Å². The Hall–Kier alpha value is -4.67. The number of H-pyrrole nitrogens is 1. The van der Waals surface area contributed by atoms with Crippen molar-refractivity contribution in [2.75, 3.05) is 0 Å². The molecule has 11 nitrogen and oxygen atoms in total. The van der Waals surface area contributed by atoms with Gasteiger partial charge in [0.25, 0.3) is 0 Å². The van der Waals surface area contributed by atoms with Crippen molar-refractivity contribution in [1.29, 1.82) is 0 Å². The van der Waals surface area contributed by atoms with E-state index in [4.69, 9.17) is 0 Å². The third kappa shape index (κ3) is 6.25. The van der Waals surface area contributed by atoms with E-state index < -0.39 is 29.7 Å². The van der Waals surface area contributed by atoms with E-state index in [9.17, 15) is 24.6 Å². The summed E-state index contributed by atoms with van der Waals surface area (Å²) in [5, 5.41) is 33.9. The van der Waals surface area contributed by atoms with Crippen LogP contribution in [-0.4, -0.2) is 53.8 Å². The molecule has 5 N–H and O–H groups in total. The van der Waals surface area contributed by atoms with Crippen LogP contribution in [0, 0.1) is 12.8 Å². The quantitative estimate of drug-likeness (QED) is 0.185. The van der Waals surface area contributed by atoms with Crippen molar-refractivity contribution in [1.82, 2.24) is 30.6 Å². The number of nitrogens with zero attached hydrogens (tertiary/aromatic N) is 3. The molecule has 2 aromatic carbocycles. The number of rotatable bonds is 11. The molecule has 0 spiro atoms. The molecule has 0 radical (unpaired) electrons. The summed E-state index contributed by atoms with van der Waals surface area (Å²) < 4.78 is 1.66. The topological polar surface area (TPSA) is 162 Å². The fourth-order valence-electron chi connectivity index (χ4n) is 4.47. The summed E-state index contributed by atoms with van der Waals surface area (Å²) in [6, 6.07) is 15.0. The zero-order chi connectivity index (χ0) is 28.1. The van der Waals surface area contributed by atoms with E-state index in [0.717, 1.165) is 16.6 Å². The minimum atomic E-state index is -0.954. The van der Waals surface area contributed by atoms with Gasteiger partial charge in [-0.1, -0.05) is 61.5 Å². The van der Waals surface area contributed by atoms with E-state index in [1.54, 1.807) is 18.5 Å². The van der Waals surface area contributed by atoms with Crippen molar-refractivity contribution >= 4 is 28.6 Å². The van der Waals surface area contributed by atoms with Gasteiger partial charge in [-0.15, -0.1) is 5.10 Å². The number of aryl methyl sites for hydroxylation is 1. The molecule has 39 heavy (non-hydrogen) atoms. The lowest BCUT2D eigenvalue weighted by atomic mass is 9.93. The molecule has 4 rings (SSSR count). The summed E-state index contributed by atoms with van der Waals surface area (Å²) in [5.74, 6) is -2.31. The summed E-state index contributed by atoms with van der Waals surface area (Å²) in [7, 11) is 0. The molecular formula is C28H32N6O5. The molecule has 0 aliphatic carbocycles. The molecular weight excluding hydrogens is 500 g/mol. The van der Waals surface area contributed by atoms with Gasteiger partial charge in [0.1, 0.15) is 5.52 Å². The highest BCUT2D eigenvalue weighted by atomic mass is 16.3. The van der Waals surface area contributed by atoms with Gasteiger partial charge in [-0.2, -0.15) is 0 Å². The molecule has 204 valence electrons. The van der Waals surface area contributed by atoms with Gasteiger partial charge in [0.2, 0.25) is 17.7 Å². The van der Waals surface area contributed by atoms with E-state index in [1.165, 1.54) is 6.92 Å². The Morgan fingerprint density at radius 3 is 2.31 bits per heavy atom. The predicted octanol–water partition coefficient (Wildman–Crippen LogP) is 3.14. The number of aromatic hydroxyl groups is 2. The number of fused-ring (bicyclic) bond motifs is 1. The van der Waals surface area contributed by atoms with E-state index in [2.05, 4.69) is 25.9 Å². The van der Waals surface area contributed by atoms with E-state index in [1.807, 2.05) is 54.6 Å². The summed E-state index contributed by atoms with van der Waals surface area (Å²) >= 11 is 0. The van der Waals surface area contributed by atoms with Gasteiger partial charge in [-0.3, -0.25) is 19.4 Å². The maximum atomic E-state index is 13.2. The second-order valence-corrected chi connectivity index (χ2v) is 9.76. The van der Waals surface area contributed by atoms with Crippen molar-refractivity contribution in [3.63, 3.8) is 0 Å². The van der Waals surface area contributed by atoms with Crippen LogP contribution in [0.4, 0.5) is 0 Å². The summed E-state index contributed by atoms with van der Waals surface area (Å²) in [4.78, 5) is 41.6. The SMILES string of the molecule is Cc1c(O)[nH]c(O)c1C(=O)[C@H](NC(=O)C[C@H](NC(=O)CCn1nnc2ccccc21)c1ccccc1)C(C)C. The van der Waals surface area contributed by atoms with Crippen LogP contribution < -0.4 is 10.6 Å². The van der Waals surface area contributed by atoms with Gasteiger partial charge in [0, 0.05) is 12.0 Å². The lowest BCUT2D eigenvalue weighted by Crippen LogP contribution is -2.45. The molecule has 0 aliphatic heterocycles. The maximum Gasteiger partial charge on any atom is 0.223 e. The number of nitrogens with one attached hydrogen (secondary N) is 3. The number of hydrogen-bond donors (Lipinski definition) is 5. The van der Waals surface area contributed by atoms with Gasteiger partial charge in [0.15, 0.2) is 11.7 Å². The van der Waals surface area contributed by atoms with Gasteiger partial charge in [-0.25, -0.2) is 4.68 Å². The molecule has 0 fully saturated rings. The molecule has 0 aliphatic rings. The molecule has 2 atom stereocenters. The first-order valence-electron chi connectivity index (χ1n) is 12.7. The molecule has 11 heteroatoms. The Bertz CT molecular complexity index is 1480. The summed E-state index contributed by atoms with van der Waals surface area (Å²) in [5.41, 5.74) is 2.44. The summed E-state index contributed by atoms with van der Waals surface area (Å²) in [6.45, 7) is 5.36. The normalized spacial score (nSPS) is 12.8. The molecule has 2 amide bonds. The Kier molecular flexibility index (Phi) is 8.28. The van der Waals surface area contributed by atoms with Crippen molar-refractivity contribution in [3.8, 4) is 11.8 Å². The number of benzene rings is 2.